The van der Waals surface area contributed by atoms with Gasteiger partial charge in [0, 0.05) is 6.54 Å². The number of carbonyl (C=O) groups excluding carboxylic acids is 3. The number of H-pyrrole nitrogens is 1. The lowest BCUT2D eigenvalue weighted by Gasteiger charge is -2.08. The molecule has 0 aromatic carbocycles. The second-order valence-corrected chi connectivity index (χ2v) is 5.76. The standard InChI is InChI=1S/C11H10Br2N4O4/c12-5-2-7(15-8(5)13)9(19)14-3-4(18)1-6-10(20)17-11(21)16-6/h1-2,4,15,18H,3H2,(H,14,19)(H2,16,17,20,21)/b6-1-/t4-/m0/s1. The number of amides is 4. The molecule has 21 heavy (non-hydrogen) atoms. The van der Waals surface area contributed by atoms with Crippen LogP contribution in [0.1, 0.15) is 10.5 Å². The van der Waals surface area contributed by atoms with E-state index in [1.807, 2.05) is 5.32 Å². The summed E-state index contributed by atoms with van der Waals surface area (Å²) in [4.78, 5) is 36.7. The van der Waals surface area contributed by atoms with Crippen LogP contribution in [0, 0.1) is 0 Å². The van der Waals surface area contributed by atoms with E-state index >= 15 is 0 Å². The van der Waals surface area contributed by atoms with E-state index in [0.29, 0.717) is 14.8 Å². The van der Waals surface area contributed by atoms with Crippen LogP contribution in [0.3, 0.4) is 0 Å². The van der Waals surface area contributed by atoms with E-state index in [4.69, 9.17) is 0 Å². The highest BCUT2D eigenvalue weighted by Gasteiger charge is 2.23. The zero-order chi connectivity index (χ0) is 15.6. The minimum absolute atomic E-state index is 0.0490. The molecule has 1 saturated heterocycles. The van der Waals surface area contributed by atoms with Crippen molar-refractivity contribution in [3.63, 3.8) is 0 Å². The Balaban J connectivity index is 1.90. The number of imide groups is 1. The molecule has 0 aliphatic carbocycles. The van der Waals surface area contributed by atoms with Gasteiger partial charge >= 0.3 is 6.03 Å². The van der Waals surface area contributed by atoms with Crippen molar-refractivity contribution < 1.29 is 19.5 Å². The molecule has 8 nitrogen and oxygen atoms in total. The van der Waals surface area contributed by atoms with Crippen molar-refractivity contribution in [1.29, 1.82) is 0 Å². The first-order valence-corrected chi connectivity index (χ1v) is 7.30. The lowest BCUT2D eigenvalue weighted by atomic mass is 10.2. The number of carbonyl (C=O) groups is 3. The Labute approximate surface area is 135 Å². The van der Waals surface area contributed by atoms with E-state index in [9.17, 15) is 19.5 Å². The topological polar surface area (TPSA) is 123 Å². The summed E-state index contributed by atoms with van der Waals surface area (Å²) in [6.07, 6.45) is 0.0380. The number of hydrogen-bond donors (Lipinski definition) is 5. The van der Waals surface area contributed by atoms with Gasteiger partial charge in [0.2, 0.25) is 0 Å². The molecule has 1 aliphatic rings. The molecular weight excluding hydrogens is 412 g/mol. The van der Waals surface area contributed by atoms with Crippen molar-refractivity contribution >= 4 is 49.7 Å². The molecule has 1 aromatic heterocycles. The molecule has 2 heterocycles. The molecule has 1 aliphatic heterocycles. The summed E-state index contributed by atoms with van der Waals surface area (Å²) in [7, 11) is 0. The van der Waals surface area contributed by atoms with Gasteiger partial charge in [-0.3, -0.25) is 14.9 Å². The molecule has 4 amide bonds. The summed E-state index contributed by atoms with van der Waals surface area (Å²) < 4.78 is 1.32. The van der Waals surface area contributed by atoms with Gasteiger partial charge in [-0.25, -0.2) is 4.79 Å². The third kappa shape index (κ3) is 3.93. The van der Waals surface area contributed by atoms with Crippen LogP contribution in [0.4, 0.5) is 4.79 Å². The lowest BCUT2D eigenvalue weighted by molar-refractivity contribution is -0.115. The zero-order valence-corrected chi connectivity index (χ0v) is 13.5. The molecular formula is C11H10Br2N4O4. The molecule has 0 saturated carbocycles. The van der Waals surface area contributed by atoms with Gasteiger partial charge in [0.05, 0.1) is 15.2 Å². The van der Waals surface area contributed by atoms with Crippen LogP contribution in [0.2, 0.25) is 0 Å². The fourth-order valence-electron chi connectivity index (χ4n) is 1.57. The van der Waals surface area contributed by atoms with Crippen molar-refractivity contribution in [2.45, 2.75) is 6.10 Å². The minimum Gasteiger partial charge on any atom is -0.387 e. The maximum atomic E-state index is 11.8. The molecule has 1 fully saturated rings. The van der Waals surface area contributed by atoms with Gasteiger partial charge in [-0.15, -0.1) is 0 Å². The summed E-state index contributed by atoms with van der Waals surface area (Å²) in [6.45, 7) is -0.111. The van der Waals surface area contributed by atoms with E-state index < -0.39 is 23.9 Å². The number of rotatable bonds is 4. The molecule has 5 N–H and O–H groups in total. The normalized spacial score (nSPS) is 17.6. The SMILES string of the molecule is O=C1NC(=O)/C(=C/[C@H](O)CNC(=O)c2cc(Br)c(Br)[nH]2)N1. The van der Waals surface area contributed by atoms with E-state index in [-0.39, 0.29) is 12.2 Å². The lowest BCUT2D eigenvalue weighted by Crippen LogP contribution is -2.32. The quantitative estimate of drug-likeness (QED) is 0.355. The molecule has 0 radical (unpaired) electrons. The van der Waals surface area contributed by atoms with Crippen molar-refractivity contribution in [3.8, 4) is 0 Å². The first kappa shape index (κ1) is 15.7. The molecule has 0 spiro atoms. The van der Waals surface area contributed by atoms with E-state index in [1.54, 1.807) is 6.07 Å². The van der Waals surface area contributed by atoms with Crippen LogP contribution in [-0.4, -0.2) is 40.6 Å². The first-order chi connectivity index (χ1) is 9.86. The van der Waals surface area contributed by atoms with Crippen molar-refractivity contribution in [1.82, 2.24) is 20.9 Å². The Morgan fingerprint density at radius 3 is 2.62 bits per heavy atom. The van der Waals surface area contributed by atoms with Gasteiger partial charge in [-0.1, -0.05) is 0 Å². The summed E-state index contributed by atoms with van der Waals surface area (Å²) >= 11 is 6.44. The predicted octanol–water partition coefficient (Wildman–Crippen LogP) is 0.354. The van der Waals surface area contributed by atoms with Crippen molar-refractivity contribution in [2.75, 3.05) is 6.54 Å². The Kier molecular flexibility index (Phi) is 4.80. The number of halogens is 2. The van der Waals surface area contributed by atoms with E-state index in [1.165, 1.54) is 0 Å². The van der Waals surface area contributed by atoms with Crippen molar-refractivity contribution in [2.24, 2.45) is 0 Å². The van der Waals surface area contributed by atoms with E-state index in [2.05, 4.69) is 47.5 Å². The Morgan fingerprint density at radius 1 is 1.38 bits per heavy atom. The smallest absolute Gasteiger partial charge is 0.326 e. The van der Waals surface area contributed by atoms with Gasteiger partial charge in [0.1, 0.15) is 11.4 Å². The van der Waals surface area contributed by atoms with Crippen LogP contribution in [0.5, 0.6) is 0 Å². The number of aliphatic hydroxyl groups is 1. The average molecular weight is 422 g/mol. The summed E-state index contributed by atoms with van der Waals surface area (Å²) in [5.74, 6) is -1.04. The maximum Gasteiger partial charge on any atom is 0.326 e. The van der Waals surface area contributed by atoms with Crippen LogP contribution in [-0.2, 0) is 4.79 Å². The van der Waals surface area contributed by atoms with Gasteiger partial charge in [0.15, 0.2) is 0 Å². The molecule has 1 aromatic rings. The number of nitrogens with one attached hydrogen (secondary N) is 4. The zero-order valence-electron chi connectivity index (χ0n) is 10.4. The molecule has 2 rings (SSSR count). The minimum atomic E-state index is -1.12. The molecule has 0 unspecified atom stereocenters. The van der Waals surface area contributed by atoms with Gasteiger partial charge < -0.3 is 20.7 Å². The number of aromatic amines is 1. The Hall–Kier alpha value is -1.65. The predicted molar refractivity (Wildman–Crippen MR) is 79.3 cm³/mol. The van der Waals surface area contributed by atoms with Gasteiger partial charge in [-0.05, 0) is 44.0 Å². The van der Waals surface area contributed by atoms with Crippen LogP contribution >= 0.6 is 31.9 Å². The highest BCUT2D eigenvalue weighted by molar-refractivity contribution is 9.13. The molecule has 0 bridgehead atoms. The highest BCUT2D eigenvalue weighted by Crippen LogP contribution is 2.22. The first-order valence-electron chi connectivity index (χ1n) is 5.71. The molecule has 10 heteroatoms. The summed E-state index contributed by atoms with van der Waals surface area (Å²) in [5.41, 5.74) is 0.257. The number of hydrogen-bond acceptors (Lipinski definition) is 4. The fourth-order valence-corrected chi connectivity index (χ4v) is 2.22. The third-order valence-electron chi connectivity index (χ3n) is 2.52. The van der Waals surface area contributed by atoms with Crippen LogP contribution < -0.4 is 16.0 Å². The maximum absolute atomic E-state index is 11.8. The second kappa shape index (κ2) is 6.41. The second-order valence-electron chi connectivity index (χ2n) is 4.11. The monoisotopic (exact) mass is 420 g/mol. The van der Waals surface area contributed by atoms with Crippen molar-refractivity contribution in [3.05, 3.63) is 32.6 Å². The molecule has 1 atom stereocenters. The third-order valence-corrected chi connectivity index (χ3v) is 4.30. The highest BCUT2D eigenvalue weighted by atomic mass is 79.9. The van der Waals surface area contributed by atoms with Crippen LogP contribution in [0.25, 0.3) is 0 Å². The molecule has 112 valence electrons. The summed E-state index contributed by atoms with van der Waals surface area (Å²) in [5, 5.41) is 16.4. The van der Waals surface area contributed by atoms with Crippen LogP contribution in [0.15, 0.2) is 26.9 Å². The van der Waals surface area contributed by atoms with E-state index in [0.717, 1.165) is 6.08 Å². The number of aromatic nitrogens is 1. The average Bonchev–Trinajstić information content (AvgIpc) is 2.90. The Morgan fingerprint density at radius 2 is 2.10 bits per heavy atom. The number of urea groups is 1. The Bertz CT molecular complexity index is 621. The van der Waals surface area contributed by atoms with Gasteiger partial charge in [-0.2, -0.15) is 0 Å². The summed E-state index contributed by atoms with van der Waals surface area (Å²) in [6, 6.07) is 0.929. The number of aliphatic hydroxyl groups excluding tert-OH is 1. The van der Waals surface area contributed by atoms with Gasteiger partial charge in [0.25, 0.3) is 11.8 Å². The fraction of sp³-hybridized carbons (Fsp3) is 0.182. The largest absolute Gasteiger partial charge is 0.387 e.